The Kier molecular flexibility index (Phi) is 6.24. The van der Waals surface area contributed by atoms with Gasteiger partial charge >= 0.3 is 35.5 Å². The Bertz CT molecular complexity index is 386. The summed E-state index contributed by atoms with van der Waals surface area (Å²) in [5.74, 6) is -40.5. The largest absolute Gasteiger partial charge is 0.384 e. The maximum absolute atomic E-state index is 13.3. The lowest BCUT2D eigenvalue weighted by Crippen LogP contribution is -2.70. The lowest BCUT2D eigenvalue weighted by molar-refractivity contribution is -0.425. The molecule has 0 aliphatic rings. The minimum atomic E-state index is -7.43. The van der Waals surface area contributed by atoms with Crippen LogP contribution in [-0.4, -0.2) is 35.5 Å². The van der Waals surface area contributed by atoms with Crippen LogP contribution in [0.3, 0.4) is 0 Å². The van der Waals surface area contributed by atoms with Crippen LogP contribution in [0.4, 0.5) is 52.7 Å². The van der Waals surface area contributed by atoms with Crippen LogP contribution in [0.25, 0.3) is 0 Å². The molecular formula is C12H14F12. The smallest absolute Gasteiger partial charge is 0.200 e. The summed E-state index contributed by atoms with van der Waals surface area (Å²) in [6.45, 7) is 1.62. The average molecular weight is 386 g/mol. The molecule has 0 rings (SSSR count). The van der Waals surface area contributed by atoms with E-state index in [4.69, 9.17) is 0 Å². The van der Waals surface area contributed by atoms with Crippen molar-refractivity contribution in [1.29, 1.82) is 0 Å². The lowest BCUT2D eigenvalue weighted by Gasteiger charge is -2.41. The van der Waals surface area contributed by atoms with Crippen molar-refractivity contribution in [3.63, 3.8) is 0 Å². The highest BCUT2D eigenvalue weighted by Crippen LogP contribution is 2.61. The molecule has 0 bridgehead atoms. The van der Waals surface area contributed by atoms with Gasteiger partial charge in [0.15, 0.2) is 0 Å². The summed E-state index contributed by atoms with van der Waals surface area (Å²) in [6, 6.07) is 0. The van der Waals surface area contributed by atoms with E-state index in [1.165, 1.54) is 0 Å². The monoisotopic (exact) mass is 386 g/mol. The van der Waals surface area contributed by atoms with Gasteiger partial charge in [-0.1, -0.05) is 26.7 Å². The molecule has 146 valence electrons. The van der Waals surface area contributed by atoms with Crippen LogP contribution < -0.4 is 0 Å². The van der Waals surface area contributed by atoms with Gasteiger partial charge in [-0.15, -0.1) is 0 Å². The molecule has 0 aliphatic carbocycles. The topological polar surface area (TPSA) is 0 Å². The maximum atomic E-state index is 13.3. The van der Waals surface area contributed by atoms with Crippen molar-refractivity contribution in [3.05, 3.63) is 0 Å². The van der Waals surface area contributed by atoms with Gasteiger partial charge in [0.2, 0.25) is 0 Å². The zero-order chi connectivity index (χ0) is 19.8. The van der Waals surface area contributed by atoms with Crippen LogP contribution in [0, 0.1) is 0 Å². The highest BCUT2D eigenvalue weighted by Gasteiger charge is 2.89. The standard InChI is InChI=1S/C12H14F12/c1-3-5-7(13,14)9(17,18)11(21,22)12(23,24)10(19,20)8(15,16)6-4-2/h3-6H2,1-2H3. The molecule has 0 N–H and O–H groups in total. The van der Waals surface area contributed by atoms with Crippen LogP contribution in [0.1, 0.15) is 39.5 Å². The first-order valence-electron chi connectivity index (χ1n) is 6.64. The van der Waals surface area contributed by atoms with E-state index < -0.39 is 61.2 Å². The van der Waals surface area contributed by atoms with Gasteiger partial charge in [0, 0.05) is 12.8 Å². The molecule has 0 atom stereocenters. The highest BCUT2D eigenvalue weighted by molar-refractivity contribution is 5.11. The second-order valence-corrected chi connectivity index (χ2v) is 5.21. The first-order chi connectivity index (χ1) is 10.4. The van der Waals surface area contributed by atoms with Crippen LogP contribution in [-0.2, 0) is 0 Å². The van der Waals surface area contributed by atoms with E-state index in [1.807, 2.05) is 0 Å². The predicted molar refractivity (Wildman–Crippen MR) is 59.5 cm³/mol. The van der Waals surface area contributed by atoms with Crippen molar-refractivity contribution < 1.29 is 52.7 Å². The molecule has 24 heavy (non-hydrogen) atoms. The normalized spacial score (nSPS) is 15.8. The third-order valence-corrected chi connectivity index (χ3v) is 3.23. The molecule has 0 spiro atoms. The predicted octanol–water partition coefficient (Wildman–Crippen LogP) is 6.40. The van der Waals surface area contributed by atoms with E-state index in [-0.39, 0.29) is 0 Å². The van der Waals surface area contributed by atoms with Crippen molar-refractivity contribution in [2.75, 3.05) is 0 Å². The average Bonchev–Trinajstić information content (AvgIpc) is 2.37. The summed E-state index contributed by atoms with van der Waals surface area (Å²) in [5, 5.41) is 0. The zero-order valence-corrected chi connectivity index (χ0v) is 12.4. The Balaban J connectivity index is 6.16. The summed E-state index contributed by atoms with van der Waals surface area (Å²) < 4.78 is 158. The van der Waals surface area contributed by atoms with Gasteiger partial charge in [0.05, 0.1) is 0 Å². The van der Waals surface area contributed by atoms with Crippen molar-refractivity contribution >= 4 is 0 Å². The summed E-state index contributed by atoms with van der Waals surface area (Å²) in [5.41, 5.74) is 0. The molecule has 0 unspecified atom stereocenters. The van der Waals surface area contributed by atoms with Crippen LogP contribution >= 0.6 is 0 Å². The number of hydrogen-bond donors (Lipinski definition) is 0. The molecule has 0 aromatic heterocycles. The third-order valence-electron chi connectivity index (χ3n) is 3.23. The minimum absolute atomic E-state index is 0.810. The van der Waals surface area contributed by atoms with E-state index in [2.05, 4.69) is 0 Å². The Morgan fingerprint density at radius 1 is 0.417 bits per heavy atom. The van der Waals surface area contributed by atoms with E-state index >= 15 is 0 Å². The molecule has 0 heterocycles. The third kappa shape index (κ3) is 3.16. The van der Waals surface area contributed by atoms with Crippen LogP contribution in [0.5, 0.6) is 0 Å². The van der Waals surface area contributed by atoms with Gasteiger partial charge in [-0.3, -0.25) is 0 Å². The Hall–Kier alpha value is -0.840. The zero-order valence-electron chi connectivity index (χ0n) is 12.4. The van der Waals surface area contributed by atoms with E-state index in [0.29, 0.717) is 0 Å². The fraction of sp³-hybridized carbons (Fsp3) is 1.00. The summed E-state index contributed by atoms with van der Waals surface area (Å²) >= 11 is 0. The molecular weight excluding hydrogens is 372 g/mol. The van der Waals surface area contributed by atoms with Crippen molar-refractivity contribution in [2.24, 2.45) is 0 Å². The van der Waals surface area contributed by atoms with Gasteiger partial charge in [0.1, 0.15) is 0 Å². The van der Waals surface area contributed by atoms with Crippen LogP contribution in [0.15, 0.2) is 0 Å². The minimum Gasteiger partial charge on any atom is -0.200 e. The Morgan fingerprint density at radius 2 is 0.625 bits per heavy atom. The van der Waals surface area contributed by atoms with Gasteiger partial charge in [-0.25, -0.2) is 0 Å². The second kappa shape index (κ2) is 6.47. The van der Waals surface area contributed by atoms with Crippen LogP contribution in [0.2, 0.25) is 0 Å². The van der Waals surface area contributed by atoms with Gasteiger partial charge in [-0.2, -0.15) is 52.7 Å². The van der Waals surface area contributed by atoms with Crippen molar-refractivity contribution in [2.45, 2.75) is 75.1 Å². The van der Waals surface area contributed by atoms with Gasteiger partial charge < -0.3 is 0 Å². The molecule has 0 aliphatic heterocycles. The summed E-state index contributed by atoms with van der Waals surface area (Å²) in [4.78, 5) is 0. The van der Waals surface area contributed by atoms with E-state index in [9.17, 15) is 52.7 Å². The maximum Gasteiger partial charge on any atom is 0.384 e. The Labute approximate surface area is 129 Å². The van der Waals surface area contributed by atoms with E-state index in [0.717, 1.165) is 13.8 Å². The molecule has 0 saturated carbocycles. The molecule has 12 heteroatoms. The van der Waals surface area contributed by atoms with Gasteiger partial charge in [0.25, 0.3) is 0 Å². The quantitative estimate of drug-likeness (QED) is 0.403. The fourth-order valence-electron chi connectivity index (χ4n) is 1.80. The second-order valence-electron chi connectivity index (χ2n) is 5.21. The summed E-state index contributed by atoms with van der Waals surface area (Å²) in [6.07, 6.45) is -5.84. The first-order valence-corrected chi connectivity index (χ1v) is 6.64. The number of alkyl halides is 12. The van der Waals surface area contributed by atoms with Crippen molar-refractivity contribution in [3.8, 4) is 0 Å². The Morgan fingerprint density at radius 3 is 0.792 bits per heavy atom. The molecule has 0 nitrogen and oxygen atoms in total. The molecule has 0 amide bonds. The SMILES string of the molecule is CCCC(F)(F)C(F)(F)C(F)(F)C(F)(F)C(F)(F)C(F)(F)CCC. The van der Waals surface area contributed by atoms with E-state index in [1.54, 1.807) is 0 Å². The fourth-order valence-corrected chi connectivity index (χ4v) is 1.80. The molecule has 0 saturated heterocycles. The molecule has 0 radical (unpaired) electrons. The highest BCUT2D eigenvalue weighted by atomic mass is 19.4. The molecule has 0 aromatic carbocycles. The summed E-state index contributed by atoms with van der Waals surface area (Å²) in [7, 11) is 0. The molecule has 0 fully saturated rings. The number of hydrogen-bond acceptors (Lipinski definition) is 0. The van der Waals surface area contributed by atoms with Gasteiger partial charge in [-0.05, 0) is 0 Å². The molecule has 0 aromatic rings. The number of rotatable bonds is 9. The van der Waals surface area contributed by atoms with Crippen molar-refractivity contribution in [1.82, 2.24) is 0 Å². The first kappa shape index (κ1) is 23.2. The lowest BCUT2D eigenvalue weighted by atomic mass is 9.89. The number of halogens is 12.